The van der Waals surface area contributed by atoms with Gasteiger partial charge in [0.2, 0.25) is 5.91 Å². The van der Waals surface area contributed by atoms with Crippen molar-refractivity contribution in [2.24, 2.45) is 0 Å². The van der Waals surface area contributed by atoms with Crippen LogP contribution >= 0.6 is 0 Å². The van der Waals surface area contributed by atoms with Crippen molar-refractivity contribution < 1.29 is 14.7 Å². The Hall–Kier alpha value is -2.10. The van der Waals surface area contributed by atoms with Crippen LogP contribution in [0.3, 0.4) is 0 Å². The van der Waals surface area contributed by atoms with Crippen molar-refractivity contribution in [2.45, 2.75) is 13.3 Å². The number of carboxylic acid groups (broad SMARTS) is 1. The first-order valence-electron chi connectivity index (χ1n) is 4.92. The van der Waals surface area contributed by atoms with E-state index in [1.807, 2.05) is 25.1 Å². The van der Waals surface area contributed by atoms with Crippen LogP contribution in [0.2, 0.25) is 0 Å². The fourth-order valence-electron chi connectivity index (χ4n) is 1.77. The van der Waals surface area contributed by atoms with E-state index < -0.39 is 5.97 Å². The van der Waals surface area contributed by atoms with Crippen molar-refractivity contribution in [3.05, 3.63) is 41.0 Å². The maximum atomic E-state index is 11.2. The lowest BCUT2D eigenvalue weighted by molar-refractivity contribution is -0.133. The number of carbonyl (C=O) groups is 2. The van der Waals surface area contributed by atoms with Gasteiger partial charge in [0.15, 0.2) is 0 Å². The molecule has 2 N–H and O–H groups in total. The van der Waals surface area contributed by atoms with Crippen LogP contribution in [0.5, 0.6) is 0 Å². The van der Waals surface area contributed by atoms with Crippen LogP contribution in [0.15, 0.2) is 29.8 Å². The second-order valence-corrected chi connectivity index (χ2v) is 3.70. The van der Waals surface area contributed by atoms with Crippen molar-refractivity contribution >= 4 is 17.6 Å². The van der Waals surface area contributed by atoms with Crippen LogP contribution in [0.1, 0.15) is 17.5 Å². The zero-order chi connectivity index (χ0) is 11.7. The van der Waals surface area contributed by atoms with Gasteiger partial charge in [0.05, 0.1) is 17.7 Å². The number of aryl methyl sites for hydroxylation is 1. The molecule has 4 heteroatoms. The van der Waals surface area contributed by atoms with Gasteiger partial charge in [-0.2, -0.15) is 0 Å². The van der Waals surface area contributed by atoms with Gasteiger partial charge in [0.25, 0.3) is 0 Å². The highest BCUT2D eigenvalue weighted by Gasteiger charge is 2.27. The van der Waals surface area contributed by atoms with Crippen LogP contribution in [0, 0.1) is 6.92 Å². The highest BCUT2D eigenvalue weighted by Crippen LogP contribution is 2.26. The molecule has 0 unspecified atom stereocenters. The average Bonchev–Trinajstić information content (AvgIpc) is 2.61. The van der Waals surface area contributed by atoms with E-state index in [-0.39, 0.29) is 17.9 Å². The topological polar surface area (TPSA) is 66.4 Å². The Labute approximate surface area is 92.6 Å². The van der Waals surface area contributed by atoms with Gasteiger partial charge >= 0.3 is 5.97 Å². The highest BCUT2D eigenvalue weighted by molar-refractivity contribution is 6.09. The molecule has 1 aromatic carbocycles. The minimum Gasteiger partial charge on any atom is -0.478 e. The van der Waals surface area contributed by atoms with Crippen LogP contribution < -0.4 is 5.32 Å². The first-order valence-corrected chi connectivity index (χ1v) is 4.92. The summed E-state index contributed by atoms with van der Waals surface area (Å²) < 4.78 is 0. The van der Waals surface area contributed by atoms with Crippen molar-refractivity contribution in [2.75, 3.05) is 0 Å². The maximum Gasteiger partial charge on any atom is 0.334 e. The first kappa shape index (κ1) is 10.4. The average molecular weight is 217 g/mol. The van der Waals surface area contributed by atoms with Crippen LogP contribution in [-0.4, -0.2) is 17.0 Å². The molecule has 2 rings (SSSR count). The molecule has 1 aromatic rings. The first-order chi connectivity index (χ1) is 7.59. The van der Waals surface area contributed by atoms with Gasteiger partial charge in [-0.05, 0) is 12.5 Å². The summed E-state index contributed by atoms with van der Waals surface area (Å²) in [5.41, 5.74) is 2.28. The normalized spacial score (nSPS) is 15.2. The molecule has 0 fully saturated rings. The van der Waals surface area contributed by atoms with Crippen molar-refractivity contribution in [1.82, 2.24) is 5.32 Å². The summed E-state index contributed by atoms with van der Waals surface area (Å²) in [4.78, 5) is 22.2. The Balaban J connectivity index is 2.54. The lowest BCUT2D eigenvalue weighted by Crippen LogP contribution is -2.14. The van der Waals surface area contributed by atoms with Gasteiger partial charge in [0, 0.05) is 5.56 Å². The molecule has 4 nitrogen and oxygen atoms in total. The summed E-state index contributed by atoms with van der Waals surface area (Å²) in [6.07, 6.45) is -0.0565. The van der Waals surface area contributed by atoms with E-state index in [1.54, 1.807) is 6.07 Å². The molecule has 16 heavy (non-hydrogen) atoms. The summed E-state index contributed by atoms with van der Waals surface area (Å²) >= 11 is 0. The maximum absolute atomic E-state index is 11.2. The predicted molar refractivity (Wildman–Crippen MR) is 58.5 cm³/mol. The van der Waals surface area contributed by atoms with Crippen LogP contribution in [0.4, 0.5) is 0 Å². The number of benzene rings is 1. The number of aliphatic carboxylic acids is 1. The Bertz CT molecular complexity index is 503. The largest absolute Gasteiger partial charge is 0.478 e. The molecule has 0 radical (unpaired) electrons. The fourth-order valence-corrected chi connectivity index (χ4v) is 1.77. The van der Waals surface area contributed by atoms with Gasteiger partial charge in [-0.1, -0.05) is 24.3 Å². The highest BCUT2D eigenvalue weighted by atomic mass is 16.4. The van der Waals surface area contributed by atoms with Crippen molar-refractivity contribution in [3.8, 4) is 0 Å². The molecule has 0 aromatic heterocycles. The van der Waals surface area contributed by atoms with E-state index in [0.29, 0.717) is 5.70 Å². The van der Waals surface area contributed by atoms with Crippen LogP contribution in [-0.2, 0) is 9.59 Å². The molecule has 0 atom stereocenters. The van der Waals surface area contributed by atoms with Gasteiger partial charge in [-0.15, -0.1) is 0 Å². The van der Waals surface area contributed by atoms with Gasteiger partial charge in [0.1, 0.15) is 0 Å². The summed E-state index contributed by atoms with van der Waals surface area (Å²) in [6.45, 7) is 1.88. The summed E-state index contributed by atoms with van der Waals surface area (Å²) in [5.74, 6) is -1.31. The third-order valence-corrected chi connectivity index (χ3v) is 2.58. The van der Waals surface area contributed by atoms with E-state index in [0.717, 1.165) is 11.1 Å². The quantitative estimate of drug-likeness (QED) is 0.784. The molecule has 1 amide bonds. The lowest BCUT2D eigenvalue weighted by atomic mass is 10.0. The molecule has 1 aliphatic heterocycles. The number of carboxylic acids is 1. The fraction of sp³-hybridized carbons (Fsp3) is 0.167. The number of rotatable bonds is 2. The van der Waals surface area contributed by atoms with Gasteiger partial charge < -0.3 is 10.4 Å². The summed E-state index contributed by atoms with van der Waals surface area (Å²) in [7, 11) is 0. The van der Waals surface area contributed by atoms with Gasteiger partial charge in [-0.25, -0.2) is 4.79 Å². The minimum atomic E-state index is -1.04. The van der Waals surface area contributed by atoms with Crippen molar-refractivity contribution in [1.29, 1.82) is 0 Å². The summed E-state index contributed by atoms with van der Waals surface area (Å²) in [5, 5.41) is 11.6. The predicted octanol–water partition coefficient (Wildman–Crippen LogP) is 1.31. The monoisotopic (exact) mass is 217 g/mol. The molecular formula is C12H11NO3. The molecular weight excluding hydrogens is 206 g/mol. The zero-order valence-electron chi connectivity index (χ0n) is 8.78. The molecule has 1 aliphatic rings. The summed E-state index contributed by atoms with van der Waals surface area (Å²) in [6, 6.07) is 7.38. The molecule has 0 aliphatic carbocycles. The third kappa shape index (κ3) is 1.69. The third-order valence-electron chi connectivity index (χ3n) is 2.58. The van der Waals surface area contributed by atoms with E-state index in [1.165, 1.54) is 0 Å². The van der Waals surface area contributed by atoms with Crippen LogP contribution in [0.25, 0.3) is 5.70 Å². The second kappa shape index (κ2) is 3.81. The smallest absolute Gasteiger partial charge is 0.334 e. The molecule has 0 saturated heterocycles. The lowest BCUT2D eigenvalue weighted by Gasteiger charge is -2.07. The zero-order valence-corrected chi connectivity index (χ0v) is 8.78. The molecule has 0 spiro atoms. The van der Waals surface area contributed by atoms with E-state index in [9.17, 15) is 9.59 Å². The SMILES string of the molecule is Cc1ccccc1C1=C(C(=O)O)CC(=O)N1. The molecule has 0 bridgehead atoms. The Kier molecular flexibility index (Phi) is 2.48. The standard InChI is InChI=1S/C12H11NO3/c1-7-4-2-3-5-8(7)11-9(12(15)16)6-10(14)13-11/h2-5H,6H2,1H3,(H,13,14)(H,15,16). The van der Waals surface area contributed by atoms with E-state index in [2.05, 4.69) is 5.32 Å². The Morgan fingerprint density at radius 1 is 1.38 bits per heavy atom. The van der Waals surface area contributed by atoms with E-state index in [4.69, 9.17) is 5.11 Å². The Morgan fingerprint density at radius 3 is 2.69 bits per heavy atom. The molecule has 0 saturated carbocycles. The number of amides is 1. The van der Waals surface area contributed by atoms with E-state index >= 15 is 0 Å². The number of hydrogen-bond donors (Lipinski definition) is 2. The number of nitrogens with one attached hydrogen (secondary N) is 1. The van der Waals surface area contributed by atoms with Crippen molar-refractivity contribution in [3.63, 3.8) is 0 Å². The Morgan fingerprint density at radius 2 is 2.06 bits per heavy atom. The number of hydrogen-bond acceptors (Lipinski definition) is 2. The molecule has 1 heterocycles. The number of carbonyl (C=O) groups excluding carboxylic acids is 1. The molecule has 82 valence electrons. The van der Waals surface area contributed by atoms with Gasteiger partial charge in [-0.3, -0.25) is 4.79 Å². The second-order valence-electron chi connectivity index (χ2n) is 3.70. The minimum absolute atomic E-state index is 0.0565.